The summed E-state index contributed by atoms with van der Waals surface area (Å²) in [5.41, 5.74) is -0.903. The molecule has 0 saturated heterocycles. The van der Waals surface area contributed by atoms with Gasteiger partial charge in [0.05, 0.1) is 11.1 Å². The van der Waals surface area contributed by atoms with Crippen LogP contribution in [0, 0.1) is 11.0 Å². The van der Waals surface area contributed by atoms with E-state index in [0.29, 0.717) is 10.7 Å². The summed E-state index contributed by atoms with van der Waals surface area (Å²) in [6.07, 6.45) is -3.86. The third-order valence-electron chi connectivity index (χ3n) is 2.45. The monoisotopic (exact) mass is 335 g/mol. The van der Waals surface area contributed by atoms with Crippen molar-refractivity contribution < 1.29 is 22.3 Å². The Labute approximate surface area is 114 Å². The van der Waals surface area contributed by atoms with Gasteiger partial charge in [0.1, 0.15) is 0 Å². The second-order valence-corrected chi connectivity index (χ2v) is 4.61. The highest BCUT2D eigenvalue weighted by Gasteiger charge is 2.31. The molecular weight excluding hydrogens is 330 g/mol. The van der Waals surface area contributed by atoms with Crippen molar-refractivity contribution in [2.45, 2.75) is 6.18 Å². The maximum Gasteiger partial charge on any atom is 0.416 e. The van der Waals surface area contributed by atoms with E-state index >= 15 is 0 Å². The van der Waals surface area contributed by atoms with Crippen LogP contribution in [-0.2, 0) is 6.18 Å². The molecule has 0 N–H and O–H groups in total. The van der Waals surface area contributed by atoms with Crippen LogP contribution in [0.25, 0.3) is 11.3 Å². The van der Waals surface area contributed by atoms with E-state index in [1.807, 2.05) is 0 Å². The lowest BCUT2D eigenvalue weighted by atomic mass is 10.1. The van der Waals surface area contributed by atoms with Crippen molar-refractivity contribution in [1.29, 1.82) is 0 Å². The van der Waals surface area contributed by atoms with E-state index in [1.54, 1.807) is 0 Å². The Bertz CT molecular complexity index is 628. The summed E-state index contributed by atoms with van der Waals surface area (Å²) >= 11 is 3.07. The standard InChI is InChI=1S/C12H6BrF4NO/c13-10-3-1-7(12(15,16)17)5-9(10)11-4-2-8(14)6-18(11)19/h1-6H. The first-order valence-electron chi connectivity index (χ1n) is 5.05. The van der Waals surface area contributed by atoms with Crippen LogP contribution in [0.3, 0.4) is 0 Å². The van der Waals surface area contributed by atoms with Gasteiger partial charge in [-0.1, -0.05) is 0 Å². The minimum Gasteiger partial charge on any atom is -0.618 e. The van der Waals surface area contributed by atoms with Gasteiger partial charge < -0.3 is 5.21 Å². The van der Waals surface area contributed by atoms with Crippen molar-refractivity contribution in [1.82, 2.24) is 0 Å². The van der Waals surface area contributed by atoms with Crippen molar-refractivity contribution in [3.63, 3.8) is 0 Å². The van der Waals surface area contributed by atoms with Gasteiger partial charge >= 0.3 is 6.18 Å². The topological polar surface area (TPSA) is 26.9 Å². The number of benzene rings is 1. The van der Waals surface area contributed by atoms with E-state index in [9.17, 15) is 22.8 Å². The van der Waals surface area contributed by atoms with E-state index in [-0.39, 0.29) is 16.0 Å². The van der Waals surface area contributed by atoms with Crippen LogP contribution >= 0.6 is 15.9 Å². The largest absolute Gasteiger partial charge is 0.618 e. The zero-order valence-electron chi connectivity index (χ0n) is 9.21. The van der Waals surface area contributed by atoms with Crippen molar-refractivity contribution in [3.05, 3.63) is 57.6 Å². The number of halogens is 5. The van der Waals surface area contributed by atoms with E-state index < -0.39 is 17.6 Å². The zero-order chi connectivity index (χ0) is 14.2. The van der Waals surface area contributed by atoms with Crippen LogP contribution in [0.15, 0.2) is 41.0 Å². The molecule has 1 aromatic carbocycles. The lowest BCUT2D eigenvalue weighted by Gasteiger charge is -2.10. The van der Waals surface area contributed by atoms with Gasteiger partial charge in [-0.25, -0.2) is 4.39 Å². The third-order valence-corrected chi connectivity index (χ3v) is 3.14. The summed E-state index contributed by atoms with van der Waals surface area (Å²) in [4.78, 5) is 0. The van der Waals surface area contributed by atoms with Gasteiger partial charge in [0, 0.05) is 10.5 Å². The van der Waals surface area contributed by atoms with Crippen LogP contribution in [-0.4, -0.2) is 0 Å². The molecule has 0 atom stereocenters. The fraction of sp³-hybridized carbons (Fsp3) is 0.0833. The van der Waals surface area contributed by atoms with Gasteiger partial charge in [-0.15, -0.1) is 0 Å². The Morgan fingerprint density at radius 2 is 1.79 bits per heavy atom. The maximum absolute atomic E-state index is 12.8. The summed E-state index contributed by atoms with van der Waals surface area (Å²) in [6.45, 7) is 0. The molecule has 0 saturated carbocycles. The van der Waals surface area contributed by atoms with Crippen LogP contribution in [0.2, 0.25) is 0 Å². The first kappa shape index (κ1) is 13.8. The lowest BCUT2D eigenvalue weighted by Crippen LogP contribution is -2.29. The first-order valence-corrected chi connectivity index (χ1v) is 5.84. The van der Waals surface area contributed by atoms with Crippen molar-refractivity contribution in [2.24, 2.45) is 0 Å². The average Bonchev–Trinajstić information content (AvgIpc) is 2.29. The summed E-state index contributed by atoms with van der Waals surface area (Å²) in [7, 11) is 0. The Kier molecular flexibility index (Phi) is 3.49. The third kappa shape index (κ3) is 2.86. The molecule has 1 heterocycles. The van der Waals surface area contributed by atoms with Gasteiger partial charge in [0.25, 0.3) is 0 Å². The molecule has 2 nitrogen and oxygen atoms in total. The molecule has 0 aliphatic rings. The molecule has 100 valence electrons. The number of rotatable bonds is 1. The van der Waals surface area contributed by atoms with E-state index in [4.69, 9.17) is 0 Å². The number of hydrogen-bond acceptors (Lipinski definition) is 1. The van der Waals surface area contributed by atoms with Crippen molar-refractivity contribution in [2.75, 3.05) is 0 Å². The summed E-state index contributed by atoms with van der Waals surface area (Å²) in [5, 5.41) is 11.5. The number of nitrogens with zero attached hydrogens (tertiary/aromatic N) is 1. The fourth-order valence-corrected chi connectivity index (χ4v) is 2.01. The molecule has 7 heteroatoms. The SMILES string of the molecule is [O-][n+]1cc(F)ccc1-c1cc(C(F)(F)F)ccc1Br. The molecule has 0 radical (unpaired) electrons. The molecule has 0 bridgehead atoms. The summed E-state index contributed by atoms with van der Waals surface area (Å²) in [5.74, 6) is -0.762. The van der Waals surface area contributed by atoms with E-state index in [0.717, 1.165) is 24.3 Å². The fourth-order valence-electron chi connectivity index (χ4n) is 1.56. The highest BCUT2D eigenvalue weighted by Crippen LogP contribution is 2.35. The van der Waals surface area contributed by atoms with Gasteiger partial charge in [-0.05, 0) is 40.2 Å². The minimum absolute atomic E-state index is 0.0461. The summed E-state index contributed by atoms with van der Waals surface area (Å²) in [6, 6.07) is 5.07. The highest BCUT2D eigenvalue weighted by atomic mass is 79.9. The molecular formula is C12H6BrF4NO. The van der Waals surface area contributed by atoms with E-state index in [1.165, 1.54) is 6.07 Å². The average molecular weight is 336 g/mol. The van der Waals surface area contributed by atoms with Crippen LogP contribution in [0.4, 0.5) is 17.6 Å². The normalized spacial score (nSPS) is 11.6. The minimum atomic E-state index is -4.51. The Balaban J connectivity index is 2.61. The Morgan fingerprint density at radius 3 is 2.37 bits per heavy atom. The number of pyridine rings is 1. The number of hydrogen-bond donors (Lipinski definition) is 0. The molecule has 2 rings (SSSR count). The Morgan fingerprint density at radius 1 is 1.11 bits per heavy atom. The van der Waals surface area contributed by atoms with Crippen LogP contribution in [0.5, 0.6) is 0 Å². The van der Waals surface area contributed by atoms with Gasteiger partial charge in [0.15, 0.2) is 5.82 Å². The molecule has 0 fully saturated rings. The quantitative estimate of drug-likeness (QED) is 0.441. The first-order chi connectivity index (χ1) is 8.79. The predicted molar refractivity (Wildman–Crippen MR) is 63.5 cm³/mol. The molecule has 0 amide bonds. The smallest absolute Gasteiger partial charge is 0.416 e. The highest BCUT2D eigenvalue weighted by molar-refractivity contribution is 9.10. The van der Waals surface area contributed by atoms with Crippen LogP contribution < -0.4 is 4.73 Å². The lowest BCUT2D eigenvalue weighted by molar-refractivity contribution is -0.595. The second kappa shape index (κ2) is 4.80. The zero-order valence-corrected chi connectivity index (χ0v) is 10.8. The maximum atomic E-state index is 12.8. The molecule has 1 aromatic heterocycles. The molecule has 0 aliphatic carbocycles. The number of alkyl halides is 3. The Hall–Kier alpha value is -1.63. The molecule has 19 heavy (non-hydrogen) atoms. The molecule has 0 aliphatic heterocycles. The number of aromatic nitrogens is 1. The molecule has 2 aromatic rings. The van der Waals surface area contributed by atoms with Crippen LogP contribution in [0.1, 0.15) is 5.56 Å². The summed E-state index contributed by atoms with van der Waals surface area (Å²) < 4.78 is 51.2. The van der Waals surface area contributed by atoms with Gasteiger partial charge in [-0.3, -0.25) is 0 Å². The van der Waals surface area contributed by atoms with Gasteiger partial charge in [0.2, 0.25) is 11.9 Å². The van der Waals surface area contributed by atoms with Gasteiger partial charge in [-0.2, -0.15) is 17.9 Å². The van der Waals surface area contributed by atoms with E-state index in [2.05, 4.69) is 15.9 Å². The van der Waals surface area contributed by atoms with Crippen molar-refractivity contribution >= 4 is 15.9 Å². The molecule has 0 unspecified atom stereocenters. The molecule has 0 spiro atoms. The van der Waals surface area contributed by atoms with Crippen molar-refractivity contribution in [3.8, 4) is 11.3 Å². The predicted octanol–water partition coefficient (Wildman–Crippen LogP) is 3.91. The second-order valence-electron chi connectivity index (χ2n) is 3.75.